The second kappa shape index (κ2) is 5.71. The molecule has 1 amide bonds. The molecule has 0 aliphatic heterocycles. The molecule has 0 aromatic carbocycles. The van der Waals surface area contributed by atoms with Crippen molar-refractivity contribution in [1.82, 2.24) is 5.32 Å². The number of hydrogen-bond donors (Lipinski definition) is 2. The summed E-state index contributed by atoms with van der Waals surface area (Å²) in [6.07, 6.45) is 7.56. The van der Waals surface area contributed by atoms with E-state index in [2.05, 4.69) is 11.4 Å². The normalized spacial score (nSPS) is 31.3. The lowest BCUT2D eigenvalue weighted by Gasteiger charge is -2.34. The van der Waals surface area contributed by atoms with Crippen LogP contribution < -0.4 is 5.32 Å². The minimum absolute atomic E-state index is 0.154. The molecule has 18 heavy (non-hydrogen) atoms. The Morgan fingerprint density at radius 1 is 1.17 bits per heavy atom. The minimum Gasteiger partial charge on any atom is -0.391 e. The van der Waals surface area contributed by atoms with Crippen molar-refractivity contribution in [1.29, 1.82) is 5.26 Å². The summed E-state index contributed by atoms with van der Waals surface area (Å²) in [4.78, 5) is 12.3. The Kier molecular flexibility index (Phi) is 4.23. The Morgan fingerprint density at radius 3 is 2.44 bits per heavy atom. The van der Waals surface area contributed by atoms with Crippen LogP contribution >= 0.6 is 0 Å². The number of rotatable bonds is 2. The molecule has 2 saturated carbocycles. The molecular formula is C14H22N2O2. The highest BCUT2D eigenvalue weighted by Crippen LogP contribution is 2.36. The van der Waals surface area contributed by atoms with Gasteiger partial charge in [-0.1, -0.05) is 32.1 Å². The van der Waals surface area contributed by atoms with Gasteiger partial charge in [0.05, 0.1) is 18.2 Å². The van der Waals surface area contributed by atoms with Crippen molar-refractivity contribution in [3.05, 3.63) is 0 Å². The first-order valence-corrected chi connectivity index (χ1v) is 7.08. The van der Waals surface area contributed by atoms with Gasteiger partial charge in [-0.05, 0) is 25.7 Å². The molecule has 2 atom stereocenters. The van der Waals surface area contributed by atoms with E-state index in [1.807, 2.05) is 0 Å². The van der Waals surface area contributed by atoms with Gasteiger partial charge in [0.1, 0.15) is 5.41 Å². The molecule has 0 saturated heterocycles. The lowest BCUT2D eigenvalue weighted by atomic mass is 9.74. The lowest BCUT2D eigenvalue weighted by Crippen LogP contribution is -2.51. The fraction of sp³-hybridized carbons (Fsp3) is 0.857. The Balaban J connectivity index is 1.99. The quantitative estimate of drug-likeness (QED) is 0.786. The highest BCUT2D eigenvalue weighted by molar-refractivity contribution is 5.85. The van der Waals surface area contributed by atoms with Crippen LogP contribution in [0.25, 0.3) is 0 Å². The zero-order chi connectivity index (χ0) is 13.0. The largest absolute Gasteiger partial charge is 0.391 e. The van der Waals surface area contributed by atoms with Crippen molar-refractivity contribution < 1.29 is 9.90 Å². The van der Waals surface area contributed by atoms with Crippen LogP contribution in [0.1, 0.15) is 57.8 Å². The van der Waals surface area contributed by atoms with Crippen LogP contribution in [0.5, 0.6) is 0 Å². The first-order chi connectivity index (χ1) is 8.68. The molecule has 100 valence electrons. The highest BCUT2D eigenvalue weighted by Gasteiger charge is 2.41. The van der Waals surface area contributed by atoms with E-state index >= 15 is 0 Å². The summed E-state index contributed by atoms with van der Waals surface area (Å²) in [6.45, 7) is 0. The number of nitrogens with one attached hydrogen (secondary N) is 1. The zero-order valence-corrected chi connectivity index (χ0v) is 10.8. The standard InChI is InChI=1S/C14H22N2O2/c15-10-14(8-4-1-5-9-14)13(18)16-11-6-2-3-7-12(11)17/h11-12,17H,1-9H2,(H,16,18). The Labute approximate surface area is 108 Å². The molecule has 2 N–H and O–H groups in total. The maximum absolute atomic E-state index is 12.3. The first kappa shape index (κ1) is 13.4. The fourth-order valence-electron chi connectivity index (χ4n) is 3.13. The summed E-state index contributed by atoms with van der Waals surface area (Å²) < 4.78 is 0. The van der Waals surface area contributed by atoms with Gasteiger partial charge in [0, 0.05) is 0 Å². The molecule has 2 aliphatic rings. The van der Waals surface area contributed by atoms with Crippen molar-refractivity contribution in [2.75, 3.05) is 0 Å². The van der Waals surface area contributed by atoms with E-state index < -0.39 is 11.5 Å². The molecule has 2 rings (SSSR count). The van der Waals surface area contributed by atoms with Crippen LogP contribution in [0.4, 0.5) is 0 Å². The van der Waals surface area contributed by atoms with Crippen LogP contribution in [-0.4, -0.2) is 23.2 Å². The summed E-state index contributed by atoms with van der Waals surface area (Å²) in [7, 11) is 0. The summed E-state index contributed by atoms with van der Waals surface area (Å²) >= 11 is 0. The van der Waals surface area contributed by atoms with Gasteiger partial charge in [0.2, 0.25) is 5.91 Å². The molecule has 4 heteroatoms. The van der Waals surface area contributed by atoms with Gasteiger partial charge in [0.25, 0.3) is 0 Å². The van der Waals surface area contributed by atoms with Crippen LogP contribution in [0.2, 0.25) is 0 Å². The van der Waals surface area contributed by atoms with E-state index in [-0.39, 0.29) is 11.9 Å². The molecule has 0 aromatic heterocycles. The maximum Gasteiger partial charge on any atom is 0.240 e. The van der Waals surface area contributed by atoms with Crippen LogP contribution in [0.3, 0.4) is 0 Å². The summed E-state index contributed by atoms with van der Waals surface area (Å²) in [5.41, 5.74) is -0.838. The van der Waals surface area contributed by atoms with Gasteiger partial charge in [-0.15, -0.1) is 0 Å². The number of aliphatic hydroxyl groups is 1. The predicted molar refractivity (Wildman–Crippen MR) is 67.5 cm³/mol. The van der Waals surface area contributed by atoms with Crippen molar-refractivity contribution in [2.45, 2.75) is 69.9 Å². The first-order valence-electron chi connectivity index (χ1n) is 7.08. The van der Waals surface area contributed by atoms with Gasteiger partial charge in [-0.25, -0.2) is 0 Å². The number of aliphatic hydroxyl groups excluding tert-OH is 1. The molecule has 2 aliphatic carbocycles. The van der Waals surface area contributed by atoms with E-state index in [0.717, 1.165) is 44.9 Å². The molecule has 0 aromatic rings. The summed E-state index contributed by atoms with van der Waals surface area (Å²) in [5.74, 6) is -0.157. The number of carbonyl (C=O) groups excluding carboxylic acids is 1. The molecule has 0 radical (unpaired) electrons. The summed E-state index contributed by atoms with van der Waals surface area (Å²) in [5, 5.41) is 22.1. The summed E-state index contributed by atoms with van der Waals surface area (Å²) in [6, 6.07) is 2.07. The SMILES string of the molecule is N#CC1(C(=O)NC2CCCCC2O)CCCCC1. The Hall–Kier alpha value is -1.08. The zero-order valence-electron chi connectivity index (χ0n) is 10.8. The van der Waals surface area contributed by atoms with Gasteiger partial charge in [-0.2, -0.15) is 5.26 Å². The average Bonchev–Trinajstić information content (AvgIpc) is 2.42. The lowest BCUT2D eigenvalue weighted by molar-refractivity contribution is -0.131. The van der Waals surface area contributed by atoms with Crippen molar-refractivity contribution in [3.63, 3.8) is 0 Å². The fourth-order valence-corrected chi connectivity index (χ4v) is 3.13. The van der Waals surface area contributed by atoms with Crippen molar-refractivity contribution in [3.8, 4) is 6.07 Å². The number of amides is 1. The van der Waals surface area contributed by atoms with Gasteiger partial charge in [-0.3, -0.25) is 4.79 Å². The molecule has 0 spiro atoms. The molecule has 0 bridgehead atoms. The highest BCUT2D eigenvalue weighted by atomic mass is 16.3. The van der Waals surface area contributed by atoms with Crippen LogP contribution in [0.15, 0.2) is 0 Å². The Morgan fingerprint density at radius 2 is 1.83 bits per heavy atom. The van der Waals surface area contributed by atoms with E-state index in [1.165, 1.54) is 0 Å². The number of nitrogens with zero attached hydrogens (tertiary/aromatic N) is 1. The average molecular weight is 250 g/mol. The van der Waals surface area contributed by atoms with Crippen LogP contribution in [-0.2, 0) is 4.79 Å². The third-order valence-corrected chi connectivity index (χ3v) is 4.40. The maximum atomic E-state index is 12.3. The van der Waals surface area contributed by atoms with Crippen molar-refractivity contribution >= 4 is 5.91 Å². The number of nitriles is 1. The van der Waals surface area contributed by atoms with Gasteiger partial charge in [0.15, 0.2) is 0 Å². The monoisotopic (exact) mass is 250 g/mol. The van der Waals surface area contributed by atoms with Crippen molar-refractivity contribution in [2.24, 2.45) is 5.41 Å². The van der Waals surface area contributed by atoms with Crippen LogP contribution in [0, 0.1) is 16.7 Å². The predicted octanol–water partition coefficient (Wildman–Crippen LogP) is 1.88. The molecular weight excluding hydrogens is 228 g/mol. The number of carbonyl (C=O) groups is 1. The third kappa shape index (κ3) is 2.67. The second-order valence-corrected chi connectivity index (χ2v) is 5.69. The third-order valence-electron chi connectivity index (χ3n) is 4.40. The second-order valence-electron chi connectivity index (χ2n) is 5.69. The topological polar surface area (TPSA) is 73.1 Å². The van der Waals surface area contributed by atoms with E-state index in [1.54, 1.807) is 0 Å². The Bertz CT molecular complexity index is 342. The molecule has 2 unspecified atom stereocenters. The van der Waals surface area contributed by atoms with Gasteiger partial charge < -0.3 is 10.4 Å². The smallest absolute Gasteiger partial charge is 0.240 e. The van der Waals surface area contributed by atoms with E-state index in [0.29, 0.717) is 12.8 Å². The van der Waals surface area contributed by atoms with Gasteiger partial charge >= 0.3 is 0 Å². The number of hydrogen-bond acceptors (Lipinski definition) is 3. The minimum atomic E-state index is -0.838. The molecule has 4 nitrogen and oxygen atoms in total. The van der Waals surface area contributed by atoms with E-state index in [9.17, 15) is 15.2 Å². The molecule has 0 heterocycles. The van der Waals surface area contributed by atoms with E-state index in [4.69, 9.17) is 0 Å². The molecule has 2 fully saturated rings.